The molecule has 63 heavy (non-hydrogen) atoms. The highest BCUT2D eigenvalue weighted by Crippen LogP contribution is 2.46. The van der Waals surface area contributed by atoms with E-state index in [0.29, 0.717) is 17.5 Å². The third-order valence-electron chi connectivity index (χ3n) is 12.5. The number of hydrogen-bond donors (Lipinski definition) is 0. The monoisotopic (exact) mass is 804 g/mol. The Bertz CT molecular complexity index is 3770. The normalized spacial score (nSPS) is 11.8. The van der Waals surface area contributed by atoms with Gasteiger partial charge in [-0.25, -0.2) is 15.0 Å². The van der Waals surface area contributed by atoms with E-state index < -0.39 is 0 Å². The molecule has 0 saturated heterocycles. The molecular formula is C57H36N6. The van der Waals surface area contributed by atoms with Crippen molar-refractivity contribution in [3.63, 3.8) is 0 Å². The largest absolute Gasteiger partial charge is 0.309 e. The molecule has 0 N–H and O–H groups in total. The van der Waals surface area contributed by atoms with Gasteiger partial charge in [0.1, 0.15) is 0 Å². The van der Waals surface area contributed by atoms with Crippen molar-refractivity contribution in [2.45, 2.75) is 0 Å². The molecule has 0 radical (unpaired) electrons. The van der Waals surface area contributed by atoms with Gasteiger partial charge in [0.15, 0.2) is 17.5 Å². The van der Waals surface area contributed by atoms with E-state index in [1.54, 1.807) is 0 Å². The van der Waals surface area contributed by atoms with E-state index in [2.05, 4.69) is 171 Å². The Morgan fingerprint density at radius 1 is 0.270 bits per heavy atom. The van der Waals surface area contributed by atoms with Crippen LogP contribution in [-0.2, 0) is 0 Å². The van der Waals surface area contributed by atoms with E-state index in [1.165, 1.54) is 43.4 Å². The van der Waals surface area contributed by atoms with Gasteiger partial charge in [-0.2, -0.15) is 0 Å². The van der Waals surface area contributed by atoms with E-state index in [0.717, 1.165) is 55.8 Å². The minimum absolute atomic E-state index is 0.624. The molecule has 9 aromatic carbocycles. The summed E-state index contributed by atoms with van der Waals surface area (Å²) in [7, 11) is 0. The predicted octanol–water partition coefficient (Wildman–Crippen LogP) is 14.2. The van der Waals surface area contributed by atoms with Crippen LogP contribution in [0.2, 0.25) is 0 Å². The molecule has 0 unspecified atom stereocenters. The molecule has 0 aliphatic heterocycles. The first-order valence-corrected chi connectivity index (χ1v) is 21.3. The molecule has 0 aliphatic rings. The van der Waals surface area contributed by atoms with Crippen molar-refractivity contribution in [1.82, 2.24) is 28.7 Å². The standard InChI is InChI=1S/C57H36N6/c1-4-18-37(19-5-1)55-58-56(38-20-6-2-7-21-38)60-57(59-55)39-32-34-41(35-33-39)61-47-28-14-12-26-44(47)46-36-51(63-48-29-15-10-24-42(48)43-25-11-16-30-49(43)63)52-45-27-13-17-31-50(45)62(54(52)53(46)61)40-22-8-3-9-23-40/h1-36H. The molecule has 13 aromatic rings. The smallest absolute Gasteiger partial charge is 0.164 e. The molecule has 0 spiro atoms. The maximum atomic E-state index is 5.04. The Hall–Kier alpha value is -8.61. The van der Waals surface area contributed by atoms with Crippen molar-refractivity contribution in [2.24, 2.45) is 0 Å². The average molecular weight is 805 g/mol. The van der Waals surface area contributed by atoms with Crippen molar-refractivity contribution < 1.29 is 0 Å². The Kier molecular flexibility index (Phi) is 7.80. The topological polar surface area (TPSA) is 53.5 Å². The lowest BCUT2D eigenvalue weighted by Gasteiger charge is -2.16. The predicted molar refractivity (Wildman–Crippen MR) is 259 cm³/mol. The molecule has 13 rings (SSSR count). The van der Waals surface area contributed by atoms with Crippen LogP contribution in [-0.4, -0.2) is 28.7 Å². The van der Waals surface area contributed by atoms with Gasteiger partial charge >= 0.3 is 0 Å². The van der Waals surface area contributed by atoms with Crippen LogP contribution in [0.15, 0.2) is 218 Å². The van der Waals surface area contributed by atoms with Crippen LogP contribution in [0.4, 0.5) is 0 Å². The highest BCUT2D eigenvalue weighted by Gasteiger charge is 2.26. The lowest BCUT2D eigenvalue weighted by molar-refractivity contribution is 1.07. The fourth-order valence-electron chi connectivity index (χ4n) is 9.75. The van der Waals surface area contributed by atoms with E-state index in [9.17, 15) is 0 Å². The van der Waals surface area contributed by atoms with Gasteiger partial charge in [0.2, 0.25) is 0 Å². The van der Waals surface area contributed by atoms with E-state index in [-0.39, 0.29) is 0 Å². The van der Waals surface area contributed by atoms with Crippen LogP contribution in [0.3, 0.4) is 0 Å². The summed E-state index contributed by atoms with van der Waals surface area (Å²) in [6, 6.07) is 77.4. The maximum absolute atomic E-state index is 5.04. The highest BCUT2D eigenvalue weighted by molar-refractivity contribution is 6.27. The Morgan fingerprint density at radius 3 is 1.16 bits per heavy atom. The first kappa shape index (κ1) is 35.2. The van der Waals surface area contributed by atoms with Gasteiger partial charge in [-0.15, -0.1) is 0 Å². The van der Waals surface area contributed by atoms with Gasteiger partial charge in [0.05, 0.1) is 38.8 Å². The second-order valence-electron chi connectivity index (χ2n) is 16.0. The van der Waals surface area contributed by atoms with Crippen molar-refractivity contribution in [1.29, 1.82) is 0 Å². The number of fused-ring (bicyclic) bond motifs is 10. The fourth-order valence-corrected chi connectivity index (χ4v) is 9.75. The Balaban J connectivity index is 1.12. The van der Waals surface area contributed by atoms with Crippen LogP contribution in [0.1, 0.15) is 0 Å². The summed E-state index contributed by atoms with van der Waals surface area (Å²) in [5.41, 5.74) is 13.0. The number of aromatic nitrogens is 6. The summed E-state index contributed by atoms with van der Waals surface area (Å²) in [5, 5.41) is 7.22. The molecule has 0 atom stereocenters. The summed E-state index contributed by atoms with van der Waals surface area (Å²) in [5.74, 6) is 1.90. The lowest BCUT2D eigenvalue weighted by atomic mass is 10.1. The van der Waals surface area contributed by atoms with Crippen LogP contribution in [0.25, 0.3) is 117 Å². The molecule has 6 heteroatoms. The maximum Gasteiger partial charge on any atom is 0.164 e. The Morgan fingerprint density at radius 2 is 0.635 bits per heavy atom. The second-order valence-corrected chi connectivity index (χ2v) is 16.0. The summed E-state index contributed by atoms with van der Waals surface area (Å²) in [6.45, 7) is 0. The van der Waals surface area contributed by atoms with E-state index >= 15 is 0 Å². The van der Waals surface area contributed by atoms with Gasteiger partial charge < -0.3 is 13.7 Å². The highest BCUT2D eigenvalue weighted by atomic mass is 15.1. The van der Waals surface area contributed by atoms with Crippen LogP contribution >= 0.6 is 0 Å². The molecule has 0 bridgehead atoms. The second kappa shape index (κ2) is 14.0. The molecule has 6 nitrogen and oxygen atoms in total. The van der Waals surface area contributed by atoms with Gasteiger partial charge in [-0.1, -0.05) is 152 Å². The molecule has 0 saturated carbocycles. The zero-order valence-electron chi connectivity index (χ0n) is 34.0. The van der Waals surface area contributed by atoms with E-state index in [4.69, 9.17) is 15.0 Å². The van der Waals surface area contributed by atoms with E-state index in [1.807, 2.05) is 60.7 Å². The minimum atomic E-state index is 0.624. The van der Waals surface area contributed by atoms with Gasteiger partial charge in [-0.05, 0) is 66.7 Å². The Labute approximate surface area is 362 Å². The third-order valence-corrected chi connectivity index (χ3v) is 12.5. The van der Waals surface area contributed by atoms with Crippen molar-refractivity contribution in [2.75, 3.05) is 0 Å². The molecule has 4 aromatic heterocycles. The van der Waals surface area contributed by atoms with Gasteiger partial charge in [0.25, 0.3) is 0 Å². The zero-order valence-corrected chi connectivity index (χ0v) is 34.0. The molecule has 0 fully saturated rings. The van der Waals surface area contributed by atoms with Crippen LogP contribution < -0.4 is 0 Å². The molecule has 4 heterocycles. The SMILES string of the molecule is c1ccc(-c2nc(-c3ccccc3)nc(-c3ccc(-n4c5ccccc5c5cc(-n6c7ccccc7c7ccccc76)c6c7ccccc7n(-c7ccccc7)c6c54)cc3)n2)cc1. The van der Waals surface area contributed by atoms with Gasteiger partial charge in [0, 0.05) is 60.4 Å². The molecular weight excluding hydrogens is 769 g/mol. The number of hydrogen-bond acceptors (Lipinski definition) is 3. The number of benzene rings is 9. The number of para-hydroxylation sites is 5. The molecule has 0 amide bonds. The van der Waals surface area contributed by atoms with Crippen molar-refractivity contribution in [3.8, 4) is 51.2 Å². The van der Waals surface area contributed by atoms with Crippen molar-refractivity contribution >= 4 is 65.4 Å². The third kappa shape index (κ3) is 5.41. The fraction of sp³-hybridized carbons (Fsp3) is 0. The summed E-state index contributed by atoms with van der Waals surface area (Å²) < 4.78 is 7.40. The molecule has 294 valence electrons. The van der Waals surface area contributed by atoms with Crippen LogP contribution in [0.5, 0.6) is 0 Å². The summed E-state index contributed by atoms with van der Waals surface area (Å²) >= 11 is 0. The van der Waals surface area contributed by atoms with Crippen molar-refractivity contribution in [3.05, 3.63) is 218 Å². The first-order valence-electron chi connectivity index (χ1n) is 21.3. The zero-order chi connectivity index (χ0) is 41.4. The average Bonchev–Trinajstić information content (AvgIpc) is 4.01. The number of nitrogens with zero attached hydrogens (tertiary/aromatic N) is 6. The quantitative estimate of drug-likeness (QED) is 0.168. The first-order chi connectivity index (χ1) is 31.3. The summed E-state index contributed by atoms with van der Waals surface area (Å²) in [6.07, 6.45) is 0. The van der Waals surface area contributed by atoms with Gasteiger partial charge in [-0.3, -0.25) is 0 Å². The number of rotatable bonds is 6. The molecule has 0 aliphatic carbocycles. The van der Waals surface area contributed by atoms with Crippen LogP contribution in [0, 0.1) is 0 Å². The summed E-state index contributed by atoms with van der Waals surface area (Å²) in [4.78, 5) is 15.0. The minimum Gasteiger partial charge on any atom is -0.309 e. The lowest BCUT2D eigenvalue weighted by Crippen LogP contribution is -2.02.